The summed E-state index contributed by atoms with van der Waals surface area (Å²) in [6, 6.07) is -4.73. The van der Waals surface area contributed by atoms with Gasteiger partial charge in [0.15, 0.2) is 5.96 Å². The molecule has 2 aromatic carbocycles. The largest absolute Gasteiger partial charge is 0.508 e. The third-order valence-electron chi connectivity index (χ3n) is 16.6. The number of primary amides is 2. The number of carbonyl (C=O) groups is 15. The van der Waals surface area contributed by atoms with Crippen LogP contribution in [0.5, 0.6) is 5.75 Å². The molecule has 1 saturated heterocycles. The van der Waals surface area contributed by atoms with E-state index in [4.69, 9.17) is 40.1 Å². The van der Waals surface area contributed by atoms with Gasteiger partial charge < -0.3 is 124 Å². The maximum atomic E-state index is 14.8. The Balaban J connectivity index is 1.90. The van der Waals surface area contributed by atoms with Crippen molar-refractivity contribution in [3.63, 3.8) is 0 Å². The number of unbranched alkanes of at least 4 members (excludes halogenated alkanes) is 2. The molecule has 0 spiro atoms. The number of aliphatic hydroxyl groups excluding tert-OH is 2. The Hall–Kier alpha value is -10.3. The standard InChI is InChI=1S/C66H104N20O19S/c1-36(76-55(94)42(15-7-9-26-68)78-54(93)40(69)24-29-106-2)64(103)86-28-11-17-50(86)63(102)75-33-53(92)77-41(14-6-8-25-67)56(95)80-44(22-23-51(70)90)58(97)81-45(30-37-12-4-3-5-13-37)59(98)82-46(31-38-18-20-39(89)21-19-38)60(99)84-48(34-87)62(101)83-47(32-52(71)91)61(100)79-43(16-10-27-74-66(72)73)57(96)85-49(35-88)65(104)105/h3-5,12-13,18-21,36,40-50,87-89H,6-11,14-17,22-35,67-69H2,1-2H3,(H2,70,90)(H2,71,91)(H,75,102)(H,76,94)(H,77,92)(H,78,93)(H,79,100)(H,80,95)(H,81,97)(H,82,98)(H,83,101)(H,84,99)(H,85,96)(H,104,105)(H4,72,73,74)/t36-,40-,41-,42-,43-,44-,45-,46-,47-,48-,49-,50-/m0/s1. The second-order valence-corrected chi connectivity index (χ2v) is 26.1. The van der Waals surface area contributed by atoms with E-state index in [2.05, 4.69) is 58.2 Å². The van der Waals surface area contributed by atoms with Gasteiger partial charge in [-0.3, -0.25) is 72.1 Å². The van der Waals surface area contributed by atoms with E-state index in [9.17, 15) is 92.3 Å². The van der Waals surface area contributed by atoms with Crippen molar-refractivity contribution < 1.29 is 92.3 Å². The van der Waals surface area contributed by atoms with Crippen LogP contribution in [0.25, 0.3) is 0 Å². The Kier molecular flexibility index (Phi) is 40.7. The van der Waals surface area contributed by atoms with Gasteiger partial charge in [0, 0.05) is 32.4 Å². The predicted molar refractivity (Wildman–Crippen MR) is 385 cm³/mol. The van der Waals surface area contributed by atoms with Crippen LogP contribution in [0, 0.1) is 0 Å². The lowest BCUT2D eigenvalue weighted by molar-refractivity contribution is -0.143. The van der Waals surface area contributed by atoms with Crippen molar-refractivity contribution in [2.45, 2.75) is 182 Å². The van der Waals surface area contributed by atoms with Crippen molar-refractivity contribution in [3.05, 3.63) is 65.7 Å². The van der Waals surface area contributed by atoms with Crippen molar-refractivity contribution >= 4 is 106 Å². The number of hydrogen-bond acceptors (Lipinski definition) is 23. The maximum Gasteiger partial charge on any atom is 0.328 e. The fourth-order valence-electron chi connectivity index (χ4n) is 10.8. The fraction of sp³-hybridized carbons (Fsp3) is 0.576. The topological polar surface area (TPSA) is 667 Å². The first kappa shape index (κ1) is 89.9. The zero-order valence-corrected chi connectivity index (χ0v) is 60.2. The van der Waals surface area contributed by atoms with Crippen molar-refractivity contribution in [2.75, 3.05) is 57.9 Å². The number of phenolic OH excluding ortho intramolecular Hbond substituents is 1. The summed E-state index contributed by atoms with van der Waals surface area (Å²) >= 11 is 1.50. The number of aliphatic imine (C=N–C) groups is 1. The van der Waals surface area contributed by atoms with E-state index in [1.54, 1.807) is 30.3 Å². The molecule has 39 nitrogen and oxygen atoms in total. The van der Waals surface area contributed by atoms with Crippen LogP contribution < -0.4 is 98.6 Å². The minimum atomic E-state index is -2.00. The highest BCUT2D eigenvalue weighted by atomic mass is 32.2. The van der Waals surface area contributed by atoms with E-state index in [0.717, 1.165) is 0 Å². The molecular weight excluding hydrogens is 1410 g/mol. The summed E-state index contributed by atoms with van der Waals surface area (Å²) in [5.41, 5.74) is 39.9. The first-order valence-electron chi connectivity index (χ1n) is 34.5. The monoisotopic (exact) mass is 1510 g/mol. The summed E-state index contributed by atoms with van der Waals surface area (Å²) in [4.78, 5) is 208. The van der Waals surface area contributed by atoms with Crippen molar-refractivity contribution in [3.8, 4) is 5.75 Å². The maximum absolute atomic E-state index is 14.8. The molecule has 29 N–H and O–H groups in total. The van der Waals surface area contributed by atoms with E-state index >= 15 is 0 Å². The number of nitrogens with one attached hydrogen (secondary N) is 11. The number of guanidine groups is 1. The molecule has 1 heterocycles. The number of nitrogens with zero attached hydrogens (tertiary/aromatic N) is 2. The molecule has 1 aliphatic rings. The molecular formula is C66H104N20O19S. The number of aliphatic hydroxyl groups is 2. The van der Waals surface area contributed by atoms with E-state index in [1.165, 1.54) is 47.9 Å². The zero-order valence-electron chi connectivity index (χ0n) is 59.4. The third-order valence-corrected chi connectivity index (χ3v) is 17.2. The lowest BCUT2D eigenvalue weighted by Crippen LogP contribution is -2.61. The van der Waals surface area contributed by atoms with Gasteiger partial charge in [-0.1, -0.05) is 42.5 Å². The normalized spacial score (nSPS) is 15.5. The second-order valence-electron chi connectivity index (χ2n) is 25.1. The number of carboxylic acids is 1. The highest BCUT2D eigenvalue weighted by Gasteiger charge is 2.39. The number of benzene rings is 2. The van der Waals surface area contributed by atoms with Gasteiger partial charge in [-0.2, -0.15) is 11.8 Å². The van der Waals surface area contributed by atoms with Gasteiger partial charge >= 0.3 is 5.97 Å². The van der Waals surface area contributed by atoms with E-state index in [-0.39, 0.29) is 81.9 Å². The number of carbonyl (C=O) groups excluding carboxylic acids is 14. The van der Waals surface area contributed by atoms with Gasteiger partial charge in [-0.25, -0.2) is 4.79 Å². The number of aromatic hydroxyl groups is 1. The van der Waals surface area contributed by atoms with Gasteiger partial charge in [0.05, 0.1) is 32.2 Å². The van der Waals surface area contributed by atoms with Crippen LogP contribution in [-0.2, 0) is 84.8 Å². The van der Waals surface area contributed by atoms with Gasteiger partial charge in [0.2, 0.25) is 82.7 Å². The Bertz CT molecular complexity index is 3320. The number of likely N-dealkylation sites (tertiary alicyclic amines) is 1. The van der Waals surface area contributed by atoms with Crippen LogP contribution in [0.2, 0.25) is 0 Å². The van der Waals surface area contributed by atoms with Crippen molar-refractivity contribution in [2.24, 2.45) is 45.1 Å². The average Bonchev–Trinajstić information content (AvgIpc) is 1.59. The lowest BCUT2D eigenvalue weighted by Gasteiger charge is -2.28. The minimum absolute atomic E-state index is 0.00979. The number of rotatable bonds is 50. The molecule has 12 atom stereocenters. The number of carboxylic acid groups (broad SMARTS) is 1. The predicted octanol–water partition coefficient (Wildman–Crippen LogP) is -8.25. The molecule has 0 aromatic heterocycles. The molecule has 588 valence electrons. The fourth-order valence-corrected chi connectivity index (χ4v) is 11.3. The molecule has 1 fully saturated rings. The first-order chi connectivity index (χ1) is 50.4. The molecule has 1 aliphatic heterocycles. The number of amides is 14. The summed E-state index contributed by atoms with van der Waals surface area (Å²) in [5, 5.41) is 66.4. The summed E-state index contributed by atoms with van der Waals surface area (Å²) in [6.45, 7) is -1.01. The van der Waals surface area contributed by atoms with Gasteiger partial charge in [0.25, 0.3) is 0 Å². The summed E-state index contributed by atoms with van der Waals surface area (Å²) in [6.07, 6.45) is 1.59. The number of thioether (sulfide) groups is 1. The summed E-state index contributed by atoms with van der Waals surface area (Å²) in [5.74, 6) is -15.1. The third kappa shape index (κ3) is 32.8. The van der Waals surface area contributed by atoms with E-state index in [1.807, 2.05) is 11.6 Å². The molecule has 0 unspecified atom stereocenters. The van der Waals surface area contributed by atoms with Crippen LogP contribution in [0.4, 0.5) is 0 Å². The van der Waals surface area contributed by atoms with Crippen LogP contribution in [-0.4, -0.2) is 250 Å². The highest BCUT2D eigenvalue weighted by molar-refractivity contribution is 7.98. The van der Waals surface area contributed by atoms with Crippen molar-refractivity contribution in [1.82, 2.24) is 63.4 Å². The Labute approximate surface area is 616 Å². The number of hydrogen-bond donors (Lipinski definition) is 22. The first-order valence-corrected chi connectivity index (χ1v) is 35.9. The molecule has 40 heteroatoms. The van der Waals surface area contributed by atoms with Gasteiger partial charge in [0.1, 0.15) is 72.2 Å². The van der Waals surface area contributed by atoms with Crippen molar-refractivity contribution in [1.29, 1.82) is 0 Å². The molecule has 14 amide bonds. The number of nitrogens with two attached hydrogens (primary N) is 7. The van der Waals surface area contributed by atoms with Gasteiger partial charge in [-0.15, -0.1) is 0 Å². The lowest BCUT2D eigenvalue weighted by atomic mass is 10.0. The molecule has 0 radical (unpaired) electrons. The van der Waals surface area contributed by atoms with Gasteiger partial charge in [-0.05, 0) is 132 Å². The minimum Gasteiger partial charge on any atom is -0.508 e. The van der Waals surface area contributed by atoms with Crippen LogP contribution in [0.15, 0.2) is 59.6 Å². The van der Waals surface area contributed by atoms with Crippen LogP contribution in [0.3, 0.4) is 0 Å². The summed E-state index contributed by atoms with van der Waals surface area (Å²) < 4.78 is 0. The second kappa shape index (κ2) is 47.9. The number of aliphatic carboxylic acids is 1. The molecule has 3 rings (SSSR count). The SMILES string of the molecule is CSCC[C@H](N)C(=O)N[C@@H](CCCCN)C(=O)N[C@@H](C)C(=O)N1CCC[C@H]1C(=O)NCC(=O)N[C@@H](CCCCN)C(=O)N[C@@H](CCC(N)=O)C(=O)N[C@@H](Cc1ccccc1)C(=O)N[C@@H](Cc1ccc(O)cc1)C(=O)N[C@@H](CO)C(=O)N[C@@H](CC(N)=O)C(=O)N[C@@H](CCCN=C(N)N)C(=O)N[C@@H](CO)C(=O)O. The summed E-state index contributed by atoms with van der Waals surface area (Å²) in [7, 11) is 0. The molecule has 0 bridgehead atoms. The Morgan fingerprint density at radius 3 is 1.50 bits per heavy atom. The quantitative estimate of drug-likeness (QED) is 0.0166. The smallest absolute Gasteiger partial charge is 0.328 e. The molecule has 0 saturated carbocycles. The molecule has 106 heavy (non-hydrogen) atoms. The Morgan fingerprint density at radius 2 is 0.991 bits per heavy atom. The van der Waals surface area contributed by atoms with Crippen LogP contribution >= 0.6 is 11.8 Å². The van der Waals surface area contributed by atoms with E-state index in [0.29, 0.717) is 50.0 Å². The highest BCUT2D eigenvalue weighted by Crippen LogP contribution is 2.20. The zero-order chi connectivity index (χ0) is 79.0. The number of phenols is 1. The van der Waals surface area contributed by atoms with Crippen LogP contribution in [0.1, 0.15) is 108 Å². The molecule has 2 aromatic rings. The van der Waals surface area contributed by atoms with E-state index < -0.39 is 207 Å². The Morgan fingerprint density at radius 1 is 0.538 bits per heavy atom. The average molecular weight is 1510 g/mol. The molecule has 0 aliphatic carbocycles.